The third-order valence-electron chi connectivity index (χ3n) is 5.58. The molecule has 1 aromatic heterocycles. The fourth-order valence-electron chi connectivity index (χ4n) is 4.05. The van der Waals surface area contributed by atoms with Crippen molar-refractivity contribution in [2.45, 2.75) is 17.4 Å². The van der Waals surface area contributed by atoms with Crippen molar-refractivity contribution < 1.29 is 13.6 Å². The number of sulfonamides is 1. The Morgan fingerprint density at radius 3 is 2.77 bits per heavy atom. The molecule has 4 rings (SSSR count). The van der Waals surface area contributed by atoms with Gasteiger partial charge in [-0.15, -0.1) is 5.10 Å². The maximum absolute atomic E-state index is 13.4. The Morgan fingerprint density at radius 2 is 2.11 bits per heavy atom. The highest BCUT2D eigenvalue weighted by molar-refractivity contribution is 7.98. The molecule has 35 heavy (non-hydrogen) atoms. The zero-order valence-electron chi connectivity index (χ0n) is 18.7. The van der Waals surface area contributed by atoms with E-state index in [2.05, 4.69) is 36.0 Å². The van der Waals surface area contributed by atoms with Crippen LogP contribution in [0, 0.1) is 0 Å². The van der Waals surface area contributed by atoms with Crippen LogP contribution < -0.4 is 42.1 Å². The van der Waals surface area contributed by atoms with Gasteiger partial charge in [0.1, 0.15) is 10.6 Å². The summed E-state index contributed by atoms with van der Waals surface area (Å²) in [5.41, 5.74) is 10.7. The van der Waals surface area contributed by atoms with Crippen molar-refractivity contribution >= 4 is 50.7 Å². The molecule has 1 aliphatic heterocycles. The van der Waals surface area contributed by atoms with Crippen LogP contribution in [0.5, 0.6) is 0 Å². The van der Waals surface area contributed by atoms with Gasteiger partial charge in [0.15, 0.2) is 5.84 Å². The van der Waals surface area contributed by atoms with E-state index in [1.165, 1.54) is 6.07 Å². The summed E-state index contributed by atoms with van der Waals surface area (Å²) in [6, 6.07) is 8.10. The molecule has 1 saturated heterocycles. The lowest BCUT2D eigenvalue weighted by Gasteiger charge is -2.24. The van der Waals surface area contributed by atoms with Gasteiger partial charge >= 0.3 is 0 Å². The summed E-state index contributed by atoms with van der Waals surface area (Å²) in [5.74, 6) is 5.73. The number of hydrazone groups is 1. The Bertz CT molecular complexity index is 1350. The molecule has 12 N–H and O–H groups in total. The number of nitrogens with two attached hydrogens (primary N) is 3. The molecule has 3 aromatic rings. The van der Waals surface area contributed by atoms with Crippen molar-refractivity contribution in [2.75, 3.05) is 29.9 Å². The summed E-state index contributed by atoms with van der Waals surface area (Å²) < 4.78 is 30.0. The number of fused-ring (bicyclic) bond motifs is 1. The van der Waals surface area contributed by atoms with Gasteiger partial charge in [-0.3, -0.25) is 10.3 Å². The van der Waals surface area contributed by atoms with Crippen LogP contribution in [-0.4, -0.2) is 55.6 Å². The molecule has 1 fully saturated rings. The zero-order valence-corrected chi connectivity index (χ0v) is 20.4. The Hall–Kier alpha value is -3.12. The first-order valence-corrected chi connectivity index (χ1v) is 12.8. The molecule has 1 aliphatic rings. The minimum Gasteiger partial charge on any atom is -0.382 e. The maximum atomic E-state index is 13.4. The van der Waals surface area contributed by atoms with E-state index in [1.807, 2.05) is 6.07 Å². The van der Waals surface area contributed by atoms with Crippen molar-refractivity contribution in [3.8, 4) is 11.1 Å². The Balaban J connectivity index is 2.00. The molecule has 0 bridgehead atoms. The zero-order chi connectivity index (χ0) is 25.2. The number of amidine groups is 1. The number of hydrogen-bond acceptors (Lipinski definition) is 12. The van der Waals surface area contributed by atoms with Crippen LogP contribution in [0.3, 0.4) is 0 Å². The van der Waals surface area contributed by atoms with Gasteiger partial charge in [0.05, 0.1) is 28.7 Å². The van der Waals surface area contributed by atoms with Gasteiger partial charge in [0, 0.05) is 25.2 Å². The number of benzene rings is 2. The van der Waals surface area contributed by atoms with Crippen LogP contribution in [0.4, 0.5) is 11.6 Å². The summed E-state index contributed by atoms with van der Waals surface area (Å²) in [5, 5.41) is 26.3. The van der Waals surface area contributed by atoms with Crippen LogP contribution in [-0.2, 0) is 10.0 Å². The summed E-state index contributed by atoms with van der Waals surface area (Å²) in [6.07, 6.45) is 0.629. The molecule has 16 heteroatoms. The van der Waals surface area contributed by atoms with Crippen molar-refractivity contribution in [3.63, 3.8) is 0 Å². The quantitative estimate of drug-likeness (QED) is 0.0582. The molecule has 0 saturated carbocycles. The van der Waals surface area contributed by atoms with Crippen LogP contribution >= 0.6 is 12.1 Å². The highest BCUT2D eigenvalue weighted by atomic mass is 32.2. The minimum atomic E-state index is -4.10. The van der Waals surface area contributed by atoms with Gasteiger partial charge in [-0.2, -0.15) is 4.47 Å². The van der Waals surface area contributed by atoms with Gasteiger partial charge in [0.25, 0.3) is 0 Å². The topological polar surface area (TPSA) is 225 Å². The molecule has 1 unspecified atom stereocenters. The van der Waals surface area contributed by atoms with Crippen molar-refractivity contribution in [1.82, 2.24) is 25.5 Å². The lowest BCUT2D eigenvalue weighted by molar-refractivity contribution is 0.329. The molecule has 14 nitrogen and oxygen atoms in total. The van der Waals surface area contributed by atoms with E-state index in [1.54, 1.807) is 25.2 Å². The second-order valence-corrected chi connectivity index (χ2v) is 9.93. The van der Waals surface area contributed by atoms with E-state index in [9.17, 15) is 13.6 Å². The molecule has 0 amide bonds. The third kappa shape index (κ3) is 4.85. The molecule has 2 heterocycles. The lowest BCUT2D eigenvalue weighted by Crippen LogP contribution is -2.37. The van der Waals surface area contributed by atoms with Crippen molar-refractivity contribution in [2.24, 2.45) is 21.8 Å². The van der Waals surface area contributed by atoms with E-state index in [0.29, 0.717) is 58.7 Å². The van der Waals surface area contributed by atoms with Gasteiger partial charge in [0.2, 0.25) is 16.0 Å². The summed E-state index contributed by atoms with van der Waals surface area (Å²) in [6.45, 7) is 1.18. The third-order valence-corrected chi connectivity index (χ3v) is 7.52. The smallest absolute Gasteiger partial charge is 0.243 e. The number of H-pyrrole nitrogens is 1. The first-order chi connectivity index (χ1) is 16.8. The maximum Gasteiger partial charge on any atom is 0.243 e. The van der Waals surface area contributed by atoms with Crippen LogP contribution in [0.25, 0.3) is 22.2 Å². The van der Waals surface area contributed by atoms with E-state index < -0.39 is 10.0 Å². The molecule has 188 valence electrons. The second kappa shape index (κ2) is 10.2. The number of nitrogens with one attached hydrogen (secondary N) is 5. The highest BCUT2D eigenvalue weighted by Gasteiger charge is 2.31. The number of hydrogen-bond donors (Lipinski definition) is 9. The molecular weight excluding hydrogens is 494 g/mol. The summed E-state index contributed by atoms with van der Waals surface area (Å²) in [7, 11) is -2.37. The standard InChI is InChI=1S/C19H27N11O3S2/c1-23-19-25-13-4-2-3-12(16(13)26-19)11-5-6-14(35(32,33)28-10-7-8-24-9-10)17(30(31)34-22)15(11)18(20)27-29-21/h2-6,10,24,28-29,31H,7-9,21-22H2,1H3,(H2,20,27)(H2,23,25,26). The minimum absolute atomic E-state index is 0.0947. The fourth-order valence-corrected chi connectivity index (χ4v) is 5.86. The predicted octanol–water partition coefficient (Wildman–Crippen LogP) is -0.287. The average Bonchev–Trinajstić information content (AvgIpc) is 3.51. The largest absolute Gasteiger partial charge is 0.382 e. The van der Waals surface area contributed by atoms with E-state index in [0.717, 1.165) is 5.52 Å². The van der Waals surface area contributed by atoms with E-state index in [4.69, 9.17) is 16.7 Å². The SMILES string of the molecule is CNc1nc2c(-c3ccc(S(=O)(=O)NC4CCNC4)c(N(O)SN)c3/C(N)=N/NN)cccc2[nH]1. The van der Waals surface area contributed by atoms with Gasteiger partial charge in [-0.25, -0.2) is 29.5 Å². The number of hydrazine groups is 1. The normalized spacial score (nSPS) is 16.6. The van der Waals surface area contributed by atoms with Gasteiger partial charge < -0.3 is 21.4 Å². The molecular formula is C19H27N11O3S2. The number of para-hydroxylation sites is 1. The van der Waals surface area contributed by atoms with E-state index in [-0.39, 0.29) is 28.0 Å². The Morgan fingerprint density at radius 1 is 1.31 bits per heavy atom. The van der Waals surface area contributed by atoms with Gasteiger partial charge in [-0.1, -0.05) is 18.2 Å². The number of aromatic amines is 1. The monoisotopic (exact) mass is 521 g/mol. The number of aromatic nitrogens is 2. The summed E-state index contributed by atoms with van der Waals surface area (Å²) >= 11 is 0.406. The number of imidazole rings is 1. The molecule has 0 aliphatic carbocycles. The van der Waals surface area contributed by atoms with Gasteiger partial charge in [-0.05, 0) is 30.7 Å². The fraction of sp³-hybridized carbons (Fsp3) is 0.263. The number of anilines is 2. The molecule has 0 spiro atoms. The molecule has 0 radical (unpaired) electrons. The number of rotatable bonds is 9. The average molecular weight is 522 g/mol. The van der Waals surface area contributed by atoms with Crippen molar-refractivity contribution in [3.05, 3.63) is 35.9 Å². The Labute approximate surface area is 206 Å². The second-order valence-electron chi connectivity index (χ2n) is 7.69. The van der Waals surface area contributed by atoms with Crippen LogP contribution in [0.2, 0.25) is 0 Å². The first kappa shape index (κ1) is 25.0. The van der Waals surface area contributed by atoms with Crippen LogP contribution in [0.1, 0.15) is 12.0 Å². The summed E-state index contributed by atoms with van der Waals surface area (Å²) in [4.78, 5) is 7.47. The molecule has 2 aromatic carbocycles. The highest BCUT2D eigenvalue weighted by Crippen LogP contribution is 2.40. The van der Waals surface area contributed by atoms with Crippen molar-refractivity contribution in [1.29, 1.82) is 0 Å². The first-order valence-electron chi connectivity index (χ1n) is 10.5. The predicted molar refractivity (Wildman–Crippen MR) is 137 cm³/mol. The molecule has 1 atom stereocenters. The lowest BCUT2D eigenvalue weighted by atomic mass is 9.96. The van der Waals surface area contributed by atoms with Crippen LogP contribution in [0.15, 0.2) is 40.3 Å². The van der Waals surface area contributed by atoms with E-state index >= 15 is 0 Å². The Kier molecular flexibility index (Phi) is 7.31. The number of nitrogens with zero attached hydrogens (tertiary/aromatic N) is 3.